The third-order valence-electron chi connectivity index (χ3n) is 4.95. The molecule has 4 rings (SSSR count). The quantitative estimate of drug-likeness (QED) is 0.761. The van der Waals surface area contributed by atoms with Crippen LogP contribution in [0.25, 0.3) is 0 Å². The number of imidazole rings is 1. The summed E-state index contributed by atoms with van der Waals surface area (Å²) in [5.74, 6) is -0.556. The molecule has 1 unspecified atom stereocenters. The molecule has 140 valence electrons. The Morgan fingerprint density at radius 3 is 2.96 bits per heavy atom. The molecule has 0 bridgehead atoms. The van der Waals surface area contributed by atoms with Gasteiger partial charge in [-0.2, -0.15) is 5.26 Å². The first-order chi connectivity index (χ1) is 13.6. The normalized spacial score (nSPS) is 15.6. The Bertz CT molecular complexity index is 1090. The summed E-state index contributed by atoms with van der Waals surface area (Å²) in [6, 6.07) is 13.4. The molecule has 0 aliphatic carbocycles. The Morgan fingerprint density at radius 1 is 1.36 bits per heavy atom. The van der Waals surface area contributed by atoms with E-state index >= 15 is 0 Å². The number of nitriles is 1. The Hall–Kier alpha value is -3.66. The lowest BCUT2D eigenvalue weighted by Crippen LogP contribution is -2.39. The fourth-order valence-electron chi connectivity index (χ4n) is 3.53. The third kappa shape index (κ3) is 3.09. The van der Waals surface area contributed by atoms with Crippen LogP contribution in [0.3, 0.4) is 0 Å². The molecule has 0 saturated carbocycles. The molecule has 3 aromatic rings. The largest absolute Gasteiger partial charge is 0.497 e. The van der Waals surface area contributed by atoms with Crippen LogP contribution in [-0.4, -0.2) is 34.4 Å². The van der Waals surface area contributed by atoms with Gasteiger partial charge in [0.1, 0.15) is 11.6 Å². The van der Waals surface area contributed by atoms with Gasteiger partial charge in [-0.1, -0.05) is 12.1 Å². The number of ether oxygens (including phenoxy) is 1. The van der Waals surface area contributed by atoms with Gasteiger partial charge in [-0.15, -0.1) is 0 Å². The molecule has 7 heteroatoms. The lowest BCUT2D eigenvalue weighted by Gasteiger charge is -2.32. The minimum atomic E-state index is -0.697. The van der Waals surface area contributed by atoms with E-state index in [9.17, 15) is 9.18 Å². The van der Waals surface area contributed by atoms with Gasteiger partial charge < -0.3 is 14.6 Å². The number of carbonyl (C=O) groups is 1. The van der Waals surface area contributed by atoms with E-state index in [4.69, 9.17) is 10.00 Å². The van der Waals surface area contributed by atoms with Gasteiger partial charge in [-0.3, -0.25) is 4.79 Å². The second-order valence-electron chi connectivity index (χ2n) is 6.59. The first kappa shape index (κ1) is 17.7. The summed E-state index contributed by atoms with van der Waals surface area (Å²) in [5.41, 5.74) is 2.79. The number of amides is 1. The number of halogens is 1. The molecular formula is C21H17FN4O2. The van der Waals surface area contributed by atoms with E-state index in [-0.39, 0.29) is 17.0 Å². The van der Waals surface area contributed by atoms with Crippen LogP contribution in [0, 0.1) is 17.1 Å². The van der Waals surface area contributed by atoms with Crippen molar-refractivity contribution in [3.05, 3.63) is 82.7 Å². The van der Waals surface area contributed by atoms with Crippen molar-refractivity contribution in [3.63, 3.8) is 0 Å². The molecule has 1 amide bonds. The van der Waals surface area contributed by atoms with Crippen LogP contribution >= 0.6 is 0 Å². The summed E-state index contributed by atoms with van der Waals surface area (Å²) in [6.07, 6.45) is 1.61. The number of aromatic amines is 1. The number of hydrogen-bond acceptors (Lipinski definition) is 4. The van der Waals surface area contributed by atoms with E-state index in [1.54, 1.807) is 18.3 Å². The van der Waals surface area contributed by atoms with Crippen molar-refractivity contribution in [1.82, 2.24) is 14.9 Å². The zero-order valence-electron chi connectivity index (χ0n) is 15.1. The summed E-state index contributed by atoms with van der Waals surface area (Å²) in [5, 5.41) is 8.90. The zero-order chi connectivity index (χ0) is 19.7. The number of nitrogens with zero attached hydrogens (tertiary/aromatic N) is 3. The molecular weight excluding hydrogens is 359 g/mol. The van der Waals surface area contributed by atoms with E-state index < -0.39 is 11.7 Å². The summed E-state index contributed by atoms with van der Waals surface area (Å²) in [4.78, 5) is 22.1. The molecule has 6 nitrogen and oxygen atoms in total. The van der Waals surface area contributed by atoms with Crippen molar-refractivity contribution in [3.8, 4) is 11.8 Å². The van der Waals surface area contributed by atoms with E-state index in [1.807, 2.05) is 30.3 Å². The monoisotopic (exact) mass is 376 g/mol. The number of benzene rings is 2. The van der Waals surface area contributed by atoms with E-state index in [1.165, 1.54) is 12.1 Å². The Kier molecular flexibility index (Phi) is 4.53. The van der Waals surface area contributed by atoms with Crippen LogP contribution in [0.15, 0.2) is 48.8 Å². The Morgan fingerprint density at radius 2 is 2.21 bits per heavy atom. The third-order valence-corrected chi connectivity index (χ3v) is 4.95. The highest BCUT2D eigenvalue weighted by atomic mass is 19.1. The lowest BCUT2D eigenvalue weighted by atomic mass is 9.90. The summed E-state index contributed by atoms with van der Waals surface area (Å²) >= 11 is 0. The molecule has 1 atom stereocenters. The zero-order valence-corrected chi connectivity index (χ0v) is 15.1. The number of H-pyrrole nitrogens is 1. The number of aromatic nitrogens is 2. The number of nitrogens with one attached hydrogen (secondary N) is 1. The van der Waals surface area contributed by atoms with Crippen molar-refractivity contribution in [2.24, 2.45) is 0 Å². The van der Waals surface area contributed by atoms with Crippen molar-refractivity contribution in [2.45, 2.75) is 12.5 Å². The summed E-state index contributed by atoms with van der Waals surface area (Å²) in [6.45, 7) is 0.678. The standard InChI is InChI=1S/C21H17FN4O2/c1-28-15-4-2-3-14(8-15)17-10-26(11-19-20(17)25-12-24-19)21(27)16-6-5-13(9-23)7-18(16)22/h2-8,12,17H,10-11H2,1H3,(H,24,25). The van der Waals surface area contributed by atoms with Crippen molar-refractivity contribution in [2.75, 3.05) is 13.7 Å². The number of fused-ring (bicyclic) bond motifs is 1. The average Bonchev–Trinajstić information content (AvgIpc) is 3.21. The number of methoxy groups -OCH3 is 1. The molecule has 28 heavy (non-hydrogen) atoms. The molecule has 0 saturated heterocycles. The highest BCUT2D eigenvalue weighted by Gasteiger charge is 2.32. The number of rotatable bonds is 3. The van der Waals surface area contributed by atoms with Gasteiger partial charge in [0.15, 0.2) is 0 Å². The summed E-state index contributed by atoms with van der Waals surface area (Å²) < 4.78 is 19.7. The van der Waals surface area contributed by atoms with Crippen molar-refractivity contribution < 1.29 is 13.9 Å². The SMILES string of the molecule is COc1cccc(C2CN(C(=O)c3ccc(C#N)cc3F)Cc3[nH]cnc32)c1. The van der Waals surface area contributed by atoms with Crippen LogP contribution in [-0.2, 0) is 6.54 Å². The Labute approximate surface area is 161 Å². The van der Waals surface area contributed by atoms with Gasteiger partial charge in [-0.05, 0) is 35.9 Å². The molecule has 0 fully saturated rings. The van der Waals surface area contributed by atoms with Crippen LogP contribution in [0.4, 0.5) is 4.39 Å². The van der Waals surface area contributed by atoms with Crippen LogP contribution < -0.4 is 4.74 Å². The number of hydrogen-bond donors (Lipinski definition) is 1. The van der Waals surface area contributed by atoms with Crippen LogP contribution in [0.2, 0.25) is 0 Å². The van der Waals surface area contributed by atoms with Gasteiger partial charge in [0.25, 0.3) is 5.91 Å². The van der Waals surface area contributed by atoms with Gasteiger partial charge in [0.2, 0.25) is 0 Å². The molecule has 0 radical (unpaired) electrons. The predicted molar refractivity (Wildman–Crippen MR) is 99.3 cm³/mol. The van der Waals surface area contributed by atoms with E-state index in [2.05, 4.69) is 9.97 Å². The van der Waals surface area contributed by atoms with Crippen LogP contribution in [0.1, 0.15) is 38.8 Å². The minimum absolute atomic E-state index is 0.0497. The van der Waals surface area contributed by atoms with Crippen molar-refractivity contribution in [1.29, 1.82) is 5.26 Å². The fourth-order valence-corrected chi connectivity index (χ4v) is 3.53. The minimum Gasteiger partial charge on any atom is -0.497 e. The fraction of sp³-hybridized carbons (Fsp3) is 0.190. The van der Waals surface area contributed by atoms with E-state index in [0.29, 0.717) is 13.1 Å². The van der Waals surface area contributed by atoms with Gasteiger partial charge in [0.05, 0.1) is 48.6 Å². The highest BCUT2D eigenvalue weighted by molar-refractivity contribution is 5.94. The molecule has 1 N–H and O–H groups in total. The first-order valence-electron chi connectivity index (χ1n) is 8.75. The Balaban J connectivity index is 1.69. The summed E-state index contributed by atoms with van der Waals surface area (Å²) in [7, 11) is 1.60. The maximum atomic E-state index is 14.4. The highest BCUT2D eigenvalue weighted by Crippen LogP contribution is 2.33. The molecule has 0 spiro atoms. The molecule has 1 aliphatic heterocycles. The van der Waals surface area contributed by atoms with Gasteiger partial charge >= 0.3 is 0 Å². The molecule has 1 aliphatic rings. The molecule has 2 heterocycles. The van der Waals surface area contributed by atoms with Gasteiger partial charge in [0, 0.05) is 12.5 Å². The second kappa shape index (κ2) is 7.16. The predicted octanol–water partition coefficient (Wildman–Crippen LogP) is 3.22. The van der Waals surface area contributed by atoms with Crippen LogP contribution in [0.5, 0.6) is 5.75 Å². The topological polar surface area (TPSA) is 82.0 Å². The lowest BCUT2D eigenvalue weighted by molar-refractivity contribution is 0.0717. The second-order valence-corrected chi connectivity index (χ2v) is 6.59. The number of carbonyl (C=O) groups excluding carboxylic acids is 1. The maximum Gasteiger partial charge on any atom is 0.257 e. The van der Waals surface area contributed by atoms with E-state index in [0.717, 1.165) is 28.8 Å². The average molecular weight is 376 g/mol. The maximum absolute atomic E-state index is 14.4. The molecule has 1 aromatic heterocycles. The smallest absolute Gasteiger partial charge is 0.257 e. The first-order valence-corrected chi connectivity index (χ1v) is 8.75. The molecule has 2 aromatic carbocycles. The van der Waals surface area contributed by atoms with Gasteiger partial charge in [-0.25, -0.2) is 9.37 Å². The van der Waals surface area contributed by atoms with Crippen molar-refractivity contribution >= 4 is 5.91 Å².